The van der Waals surface area contributed by atoms with Crippen LogP contribution in [0.15, 0.2) is 70.1 Å². The van der Waals surface area contributed by atoms with Gasteiger partial charge in [0.15, 0.2) is 0 Å². The molecule has 0 radical (unpaired) electrons. The standard InChI is InChI=1S/C23H19BrClN3O3/c1-13-2-4-14(5-3-13)19-12-20(17-11-16(24)7-9-22(17)29)27-23(26-19)15-6-8-18(25)21(10-15)28(30)31/h2-11,20,23,27,29H,12H2,1H3/t20-,23+/m1/s1. The summed E-state index contributed by atoms with van der Waals surface area (Å²) in [5.74, 6) is 0.173. The minimum absolute atomic E-state index is 0.0773. The molecule has 8 heteroatoms. The first-order valence-electron chi connectivity index (χ1n) is 9.64. The summed E-state index contributed by atoms with van der Waals surface area (Å²) in [5.41, 5.74) is 4.15. The Morgan fingerprint density at radius 3 is 2.61 bits per heavy atom. The number of phenolic OH excluding ortho intramolecular Hbond substituents is 1. The molecule has 0 bridgehead atoms. The number of hydrogen-bond donors (Lipinski definition) is 2. The zero-order valence-corrected chi connectivity index (χ0v) is 18.9. The maximum Gasteiger partial charge on any atom is 0.288 e. The van der Waals surface area contributed by atoms with Gasteiger partial charge in [0.2, 0.25) is 0 Å². The van der Waals surface area contributed by atoms with Gasteiger partial charge in [-0.2, -0.15) is 0 Å². The Morgan fingerprint density at radius 1 is 1.16 bits per heavy atom. The molecule has 31 heavy (non-hydrogen) atoms. The Bertz CT molecular complexity index is 1180. The van der Waals surface area contributed by atoms with Crippen LogP contribution in [0.2, 0.25) is 5.02 Å². The number of nitrogens with one attached hydrogen (secondary N) is 1. The summed E-state index contributed by atoms with van der Waals surface area (Å²) in [7, 11) is 0. The second kappa shape index (κ2) is 8.78. The number of halogens is 2. The molecule has 3 aromatic rings. The topological polar surface area (TPSA) is 87.8 Å². The molecule has 0 unspecified atom stereocenters. The molecule has 2 atom stereocenters. The van der Waals surface area contributed by atoms with Crippen LogP contribution in [0.25, 0.3) is 0 Å². The summed E-state index contributed by atoms with van der Waals surface area (Å²) in [6.45, 7) is 2.02. The number of nitrogens with zero attached hydrogens (tertiary/aromatic N) is 2. The number of aryl methyl sites for hydroxylation is 1. The number of aliphatic imine (C=N–C) groups is 1. The zero-order chi connectivity index (χ0) is 22.1. The molecule has 0 saturated carbocycles. The fourth-order valence-electron chi connectivity index (χ4n) is 3.64. The molecule has 0 saturated heterocycles. The molecular weight excluding hydrogens is 482 g/mol. The predicted octanol–water partition coefficient (Wildman–Crippen LogP) is 6.25. The molecule has 6 nitrogen and oxygen atoms in total. The highest BCUT2D eigenvalue weighted by atomic mass is 79.9. The summed E-state index contributed by atoms with van der Waals surface area (Å²) < 4.78 is 0.847. The van der Waals surface area contributed by atoms with Crippen molar-refractivity contribution in [2.75, 3.05) is 0 Å². The highest BCUT2D eigenvalue weighted by molar-refractivity contribution is 9.10. The van der Waals surface area contributed by atoms with Crippen LogP contribution < -0.4 is 5.32 Å². The molecule has 0 aromatic heterocycles. The molecule has 0 spiro atoms. The van der Waals surface area contributed by atoms with Crippen molar-refractivity contribution >= 4 is 38.9 Å². The number of nitro groups is 1. The van der Waals surface area contributed by atoms with E-state index in [1.165, 1.54) is 12.1 Å². The fraction of sp³-hybridized carbons (Fsp3) is 0.174. The van der Waals surface area contributed by atoms with E-state index in [1.54, 1.807) is 18.2 Å². The van der Waals surface area contributed by atoms with Gasteiger partial charge in [0, 0.05) is 34.3 Å². The number of nitro benzene ring substituents is 1. The first-order valence-corrected chi connectivity index (χ1v) is 10.8. The number of aromatic hydroxyl groups is 1. The highest BCUT2D eigenvalue weighted by Gasteiger charge is 2.29. The van der Waals surface area contributed by atoms with Gasteiger partial charge in [0.25, 0.3) is 5.69 Å². The third-order valence-electron chi connectivity index (χ3n) is 5.27. The summed E-state index contributed by atoms with van der Waals surface area (Å²) in [6.07, 6.45) is 0.0172. The third kappa shape index (κ3) is 4.63. The maximum atomic E-state index is 11.4. The third-order valence-corrected chi connectivity index (χ3v) is 6.09. The van der Waals surface area contributed by atoms with E-state index in [4.69, 9.17) is 16.6 Å². The molecule has 1 heterocycles. The van der Waals surface area contributed by atoms with Crippen LogP contribution in [0.3, 0.4) is 0 Å². The minimum Gasteiger partial charge on any atom is -0.508 e. The maximum absolute atomic E-state index is 11.4. The monoisotopic (exact) mass is 499 g/mol. The van der Waals surface area contributed by atoms with E-state index in [0.29, 0.717) is 12.0 Å². The van der Waals surface area contributed by atoms with E-state index in [9.17, 15) is 15.2 Å². The van der Waals surface area contributed by atoms with Crippen LogP contribution in [0.4, 0.5) is 5.69 Å². The Hall–Kier alpha value is -2.74. The van der Waals surface area contributed by atoms with Crippen LogP contribution in [-0.4, -0.2) is 15.7 Å². The molecule has 2 N–H and O–H groups in total. The summed E-state index contributed by atoms with van der Waals surface area (Å²) >= 11 is 9.46. The minimum atomic E-state index is -0.538. The van der Waals surface area contributed by atoms with Crippen LogP contribution in [0, 0.1) is 17.0 Å². The van der Waals surface area contributed by atoms with Gasteiger partial charge in [-0.3, -0.25) is 20.4 Å². The quantitative estimate of drug-likeness (QED) is 0.327. The lowest BCUT2D eigenvalue weighted by molar-refractivity contribution is -0.384. The second-order valence-electron chi connectivity index (χ2n) is 7.44. The lowest BCUT2D eigenvalue weighted by Gasteiger charge is -2.31. The van der Waals surface area contributed by atoms with Crippen molar-refractivity contribution in [3.05, 3.63) is 103 Å². The number of phenols is 1. The summed E-state index contributed by atoms with van der Waals surface area (Å²) in [5, 5.41) is 25.3. The summed E-state index contributed by atoms with van der Waals surface area (Å²) in [4.78, 5) is 15.7. The Balaban J connectivity index is 1.80. The van der Waals surface area contributed by atoms with Gasteiger partial charge in [-0.1, -0.05) is 63.4 Å². The average molecular weight is 501 g/mol. The molecule has 3 aromatic carbocycles. The smallest absolute Gasteiger partial charge is 0.288 e. The van der Waals surface area contributed by atoms with Crippen LogP contribution in [0.5, 0.6) is 5.75 Å². The lowest BCUT2D eigenvalue weighted by atomic mass is 9.93. The van der Waals surface area contributed by atoms with Crippen LogP contribution in [-0.2, 0) is 0 Å². The van der Waals surface area contributed by atoms with Crippen molar-refractivity contribution in [3.63, 3.8) is 0 Å². The van der Waals surface area contributed by atoms with Gasteiger partial charge in [0.05, 0.1) is 4.92 Å². The van der Waals surface area contributed by atoms with E-state index in [0.717, 1.165) is 26.9 Å². The van der Waals surface area contributed by atoms with E-state index in [-0.39, 0.29) is 22.5 Å². The van der Waals surface area contributed by atoms with Gasteiger partial charge in [0.1, 0.15) is 16.9 Å². The van der Waals surface area contributed by atoms with Gasteiger partial charge >= 0.3 is 0 Å². The van der Waals surface area contributed by atoms with Crippen molar-refractivity contribution in [1.82, 2.24) is 5.32 Å². The van der Waals surface area contributed by atoms with Gasteiger partial charge in [-0.05, 0) is 42.3 Å². The zero-order valence-electron chi connectivity index (χ0n) is 16.5. The fourth-order valence-corrected chi connectivity index (χ4v) is 4.21. The Morgan fingerprint density at radius 2 is 1.90 bits per heavy atom. The van der Waals surface area contributed by atoms with Gasteiger partial charge < -0.3 is 5.11 Å². The largest absolute Gasteiger partial charge is 0.508 e. The van der Waals surface area contributed by atoms with Crippen LogP contribution >= 0.6 is 27.5 Å². The van der Waals surface area contributed by atoms with Gasteiger partial charge in [-0.25, -0.2) is 0 Å². The number of benzene rings is 3. The van der Waals surface area contributed by atoms with E-state index < -0.39 is 11.1 Å². The normalized spacial score (nSPS) is 18.5. The molecule has 1 aliphatic rings. The average Bonchev–Trinajstić information content (AvgIpc) is 2.75. The molecule has 0 aliphatic carbocycles. The molecule has 0 fully saturated rings. The first-order chi connectivity index (χ1) is 14.8. The highest BCUT2D eigenvalue weighted by Crippen LogP contribution is 2.37. The Labute approximate surface area is 192 Å². The second-order valence-corrected chi connectivity index (χ2v) is 8.76. The number of hydrogen-bond acceptors (Lipinski definition) is 5. The Kier molecular flexibility index (Phi) is 6.09. The van der Waals surface area contributed by atoms with Crippen molar-refractivity contribution < 1.29 is 10.0 Å². The summed E-state index contributed by atoms with van der Waals surface area (Å²) in [6, 6.07) is 17.8. The van der Waals surface area contributed by atoms with E-state index in [2.05, 4.69) is 21.2 Å². The van der Waals surface area contributed by atoms with Crippen molar-refractivity contribution in [1.29, 1.82) is 0 Å². The molecule has 0 amide bonds. The van der Waals surface area contributed by atoms with Crippen LogP contribution in [0.1, 0.15) is 40.9 Å². The molecule has 158 valence electrons. The lowest BCUT2D eigenvalue weighted by Crippen LogP contribution is -2.33. The van der Waals surface area contributed by atoms with Crippen molar-refractivity contribution in [3.8, 4) is 5.75 Å². The predicted molar refractivity (Wildman–Crippen MR) is 125 cm³/mol. The van der Waals surface area contributed by atoms with Gasteiger partial charge in [-0.15, -0.1) is 0 Å². The molecular formula is C23H19BrClN3O3. The SMILES string of the molecule is Cc1ccc(C2=N[C@H](c3ccc(Cl)c([N+](=O)[O-])c3)N[C@@H](c3cc(Br)ccc3O)C2)cc1. The van der Waals surface area contributed by atoms with Crippen molar-refractivity contribution in [2.45, 2.75) is 25.6 Å². The van der Waals surface area contributed by atoms with E-state index >= 15 is 0 Å². The van der Waals surface area contributed by atoms with Crippen molar-refractivity contribution in [2.24, 2.45) is 4.99 Å². The first kappa shape index (κ1) is 21.5. The molecule has 4 rings (SSSR count). The van der Waals surface area contributed by atoms with E-state index in [1.807, 2.05) is 37.3 Å². The molecule has 1 aliphatic heterocycles. The number of rotatable bonds is 4.